The Kier molecular flexibility index (Phi) is 5.26. The molecule has 0 radical (unpaired) electrons. The number of benzene rings is 2. The summed E-state index contributed by atoms with van der Waals surface area (Å²) in [6, 6.07) is 14.8. The van der Waals surface area contributed by atoms with Crippen LogP contribution in [-0.2, 0) is 6.54 Å². The lowest BCUT2D eigenvalue weighted by Gasteiger charge is -2.22. The maximum Gasteiger partial charge on any atom is 0.254 e. The van der Waals surface area contributed by atoms with Crippen LogP contribution >= 0.6 is 0 Å². The summed E-state index contributed by atoms with van der Waals surface area (Å²) in [5, 5.41) is 8.81. The number of hydrogen-bond donors (Lipinski definition) is 0. The van der Waals surface area contributed by atoms with Gasteiger partial charge in [0.1, 0.15) is 5.82 Å². The molecule has 2 aromatic rings. The van der Waals surface area contributed by atoms with E-state index in [1.807, 2.05) is 19.1 Å². The molecule has 0 aliphatic carbocycles. The van der Waals surface area contributed by atoms with Crippen molar-refractivity contribution >= 4 is 5.91 Å². The van der Waals surface area contributed by atoms with Gasteiger partial charge in [-0.3, -0.25) is 4.79 Å². The summed E-state index contributed by atoms with van der Waals surface area (Å²) < 4.78 is 13.0. The summed E-state index contributed by atoms with van der Waals surface area (Å²) in [4.78, 5) is 14.3. The molecule has 112 valence electrons. The van der Waals surface area contributed by atoms with Crippen LogP contribution < -0.4 is 0 Å². The first-order valence-electron chi connectivity index (χ1n) is 7.18. The molecule has 0 heterocycles. The number of rotatable bonds is 5. The molecule has 1 amide bonds. The van der Waals surface area contributed by atoms with E-state index in [2.05, 4.69) is 6.07 Å². The monoisotopic (exact) mass is 296 g/mol. The Morgan fingerprint density at radius 2 is 1.77 bits per heavy atom. The highest BCUT2D eigenvalue weighted by molar-refractivity contribution is 5.94. The quantitative estimate of drug-likeness (QED) is 0.843. The van der Waals surface area contributed by atoms with Gasteiger partial charge in [-0.2, -0.15) is 5.26 Å². The van der Waals surface area contributed by atoms with Gasteiger partial charge < -0.3 is 4.90 Å². The Bertz CT molecular complexity index is 672. The zero-order valence-corrected chi connectivity index (χ0v) is 12.4. The minimum atomic E-state index is -0.356. The van der Waals surface area contributed by atoms with E-state index in [0.717, 1.165) is 12.0 Å². The topological polar surface area (TPSA) is 44.1 Å². The Morgan fingerprint density at radius 3 is 2.32 bits per heavy atom. The lowest BCUT2D eigenvalue weighted by atomic mass is 10.1. The highest BCUT2D eigenvalue weighted by Crippen LogP contribution is 2.12. The maximum atomic E-state index is 13.0. The van der Waals surface area contributed by atoms with Crippen LogP contribution in [0, 0.1) is 17.1 Å². The Balaban J connectivity index is 2.16. The van der Waals surface area contributed by atoms with Crippen LogP contribution in [0.3, 0.4) is 0 Å². The van der Waals surface area contributed by atoms with E-state index >= 15 is 0 Å². The van der Waals surface area contributed by atoms with E-state index in [9.17, 15) is 9.18 Å². The van der Waals surface area contributed by atoms with Gasteiger partial charge in [0.25, 0.3) is 5.91 Å². The molecule has 22 heavy (non-hydrogen) atoms. The summed E-state index contributed by atoms with van der Waals surface area (Å²) in [7, 11) is 0. The second-order valence-corrected chi connectivity index (χ2v) is 5.04. The van der Waals surface area contributed by atoms with Crippen molar-refractivity contribution in [2.45, 2.75) is 19.9 Å². The first kappa shape index (κ1) is 15.7. The van der Waals surface area contributed by atoms with Gasteiger partial charge in [-0.25, -0.2) is 4.39 Å². The lowest BCUT2D eigenvalue weighted by molar-refractivity contribution is 0.0743. The molecule has 0 atom stereocenters. The molecule has 0 spiro atoms. The van der Waals surface area contributed by atoms with E-state index in [-0.39, 0.29) is 11.7 Å². The standard InChI is InChI=1S/C18H17FN2O/c1-2-11-21(13-15-5-3-14(12-20)4-6-15)18(22)16-7-9-17(19)10-8-16/h3-10H,2,11,13H2,1H3. The predicted molar refractivity (Wildman–Crippen MR) is 82.6 cm³/mol. The molecular weight excluding hydrogens is 279 g/mol. The van der Waals surface area contributed by atoms with Gasteiger partial charge in [0.05, 0.1) is 11.6 Å². The van der Waals surface area contributed by atoms with Crippen molar-refractivity contribution in [3.8, 4) is 6.07 Å². The first-order chi connectivity index (χ1) is 10.6. The first-order valence-corrected chi connectivity index (χ1v) is 7.18. The van der Waals surface area contributed by atoms with Crippen LogP contribution in [-0.4, -0.2) is 17.4 Å². The van der Waals surface area contributed by atoms with Crippen molar-refractivity contribution in [3.05, 3.63) is 71.0 Å². The number of halogens is 1. The summed E-state index contributed by atoms with van der Waals surface area (Å²) in [6.07, 6.45) is 0.837. The molecule has 4 heteroatoms. The average Bonchev–Trinajstić information content (AvgIpc) is 2.55. The van der Waals surface area contributed by atoms with E-state index < -0.39 is 0 Å². The van der Waals surface area contributed by atoms with Crippen molar-refractivity contribution in [2.24, 2.45) is 0 Å². The molecule has 0 saturated heterocycles. The van der Waals surface area contributed by atoms with Crippen LogP contribution in [0.15, 0.2) is 48.5 Å². The van der Waals surface area contributed by atoms with Crippen molar-refractivity contribution in [3.63, 3.8) is 0 Å². The van der Waals surface area contributed by atoms with E-state index in [1.54, 1.807) is 17.0 Å². The summed E-state index contributed by atoms with van der Waals surface area (Å²) >= 11 is 0. The third-order valence-electron chi connectivity index (χ3n) is 3.33. The van der Waals surface area contributed by atoms with Gasteiger partial charge in [-0.15, -0.1) is 0 Å². The molecule has 0 unspecified atom stereocenters. The van der Waals surface area contributed by atoms with Crippen LogP contribution in [0.25, 0.3) is 0 Å². The second-order valence-electron chi connectivity index (χ2n) is 5.04. The third kappa shape index (κ3) is 3.92. The second kappa shape index (κ2) is 7.37. The van der Waals surface area contributed by atoms with Crippen LogP contribution in [0.2, 0.25) is 0 Å². The Labute approximate surface area is 129 Å². The van der Waals surface area contributed by atoms with Crippen molar-refractivity contribution in [1.29, 1.82) is 5.26 Å². The third-order valence-corrected chi connectivity index (χ3v) is 3.33. The van der Waals surface area contributed by atoms with Gasteiger partial charge >= 0.3 is 0 Å². The molecule has 0 bridgehead atoms. The van der Waals surface area contributed by atoms with Gasteiger partial charge in [-0.1, -0.05) is 19.1 Å². The largest absolute Gasteiger partial charge is 0.334 e. The molecule has 0 aromatic heterocycles. The molecule has 2 rings (SSSR count). The van der Waals surface area contributed by atoms with Gasteiger partial charge in [-0.05, 0) is 48.4 Å². The zero-order chi connectivity index (χ0) is 15.9. The summed E-state index contributed by atoms with van der Waals surface area (Å²) in [5.41, 5.74) is 2.03. The molecule has 0 saturated carbocycles. The SMILES string of the molecule is CCCN(Cc1ccc(C#N)cc1)C(=O)c1ccc(F)cc1. The number of amides is 1. The minimum Gasteiger partial charge on any atom is -0.334 e. The van der Waals surface area contributed by atoms with Crippen LogP contribution in [0.5, 0.6) is 0 Å². The zero-order valence-electron chi connectivity index (χ0n) is 12.4. The van der Waals surface area contributed by atoms with Crippen molar-refractivity contribution < 1.29 is 9.18 Å². The van der Waals surface area contributed by atoms with Crippen molar-refractivity contribution in [1.82, 2.24) is 4.90 Å². The Hall–Kier alpha value is -2.67. The van der Waals surface area contributed by atoms with Crippen molar-refractivity contribution in [2.75, 3.05) is 6.54 Å². The van der Waals surface area contributed by atoms with E-state index in [0.29, 0.717) is 24.2 Å². The molecule has 3 nitrogen and oxygen atoms in total. The number of carbonyl (C=O) groups excluding carboxylic acids is 1. The number of carbonyl (C=O) groups is 1. The molecule has 0 fully saturated rings. The molecule has 0 aliphatic heterocycles. The normalized spacial score (nSPS) is 10.0. The molecule has 2 aromatic carbocycles. The molecule has 0 N–H and O–H groups in total. The number of nitrogens with zero attached hydrogens (tertiary/aromatic N) is 2. The van der Waals surface area contributed by atoms with Gasteiger partial charge in [0, 0.05) is 18.7 Å². The Morgan fingerprint density at radius 1 is 1.14 bits per heavy atom. The summed E-state index contributed by atoms with van der Waals surface area (Å²) in [5.74, 6) is -0.475. The van der Waals surface area contributed by atoms with Crippen LogP contribution in [0.4, 0.5) is 4.39 Å². The van der Waals surface area contributed by atoms with Gasteiger partial charge in [0.15, 0.2) is 0 Å². The van der Waals surface area contributed by atoms with E-state index in [4.69, 9.17) is 5.26 Å². The smallest absolute Gasteiger partial charge is 0.254 e. The van der Waals surface area contributed by atoms with Crippen LogP contribution in [0.1, 0.15) is 34.8 Å². The highest BCUT2D eigenvalue weighted by atomic mass is 19.1. The minimum absolute atomic E-state index is 0.119. The fraction of sp³-hybridized carbons (Fsp3) is 0.222. The average molecular weight is 296 g/mol. The fourth-order valence-corrected chi connectivity index (χ4v) is 2.20. The fourth-order valence-electron chi connectivity index (χ4n) is 2.20. The lowest BCUT2D eigenvalue weighted by Crippen LogP contribution is -2.31. The number of hydrogen-bond acceptors (Lipinski definition) is 2. The van der Waals surface area contributed by atoms with Gasteiger partial charge in [0.2, 0.25) is 0 Å². The van der Waals surface area contributed by atoms with E-state index in [1.165, 1.54) is 24.3 Å². The summed E-state index contributed by atoms with van der Waals surface area (Å²) in [6.45, 7) is 3.09. The molecular formula is C18H17FN2O. The predicted octanol–water partition coefficient (Wildman–Crippen LogP) is 3.75. The number of nitriles is 1. The molecule has 0 aliphatic rings. The highest BCUT2D eigenvalue weighted by Gasteiger charge is 2.15. The maximum absolute atomic E-state index is 13.0.